The highest BCUT2D eigenvalue weighted by Gasteiger charge is 2.08. The number of hydrogen-bond acceptors (Lipinski definition) is 4. The van der Waals surface area contributed by atoms with Gasteiger partial charge in [0.2, 0.25) is 0 Å². The summed E-state index contributed by atoms with van der Waals surface area (Å²) in [7, 11) is 1.50. The maximum atomic E-state index is 11.0. The van der Waals surface area contributed by atoms with Crippen molar-refractivity contribution in [2.45, 2.75) is 0 Å². The number of halogens is 1. The minimum Gasteiger partial charge on any atom is -0.497 e. The molecule has 0 fully saturated rings. The molecule has 5 heteroatoms. The van der Waals surface area contributed by atoms with E-state index in [2.05, 4.69) is 0 Å². The molecule has 0 saturated heterocycles. The molecular formula is C15H10ClNO3. The van der Waals surface area contributed by atoms with E-state index in [1.807, 2.05) is 6.07 Å². The van der Waals surface area contributed by atoms with Crippen LogP contribution in [0.5, 0.6) is 17.2 Å². The number of carbonyl (C=O) groups is 1. The van der Waals surface area contributed by atoms with Crippen LogP contribution in [0, 0.1) is 11.3 Å². The molecule has 0 atom stereocenters. The van der Waals surface area contributed by atoms with Crippen LogP contribution in [0.4, 0.5) is 0 Å². The van der Waals surface area contributed by atoms with Gasteiger partial charge in [0, 0.05) is 11.1 Å². The Bertz CT molecular complexity index is 692. The van der Waals surface area contributed by atoms with Gasteiger partial charge >= 0.3 is 0 Å². The molecule has 2 aromatic carbocycles. The van der Waals surface area contributed by atoms with Gasteiger partial charge < -0.3 is 9.47 Å². The minimum absolute atomic E-state index is 0.332. The van der Waals surface area contributed by atoms with Gasteiger partial charge in [-0.3, -0.25) is 4.79 Å². The van der Waals surface area contributed by atoms with Crippen LogP contribution in [0.15, 0.2) is 36.4 Å². The SMILES string of the molecule is COc1cc(C#N)cc(Oc2ccc(Cl)cc2C=O)c1. The van der Waals surface area contributed by atoms with Crippen LogP contribution >= 0.6 is 11.6 Å². The molecule has 0 aromatic heterocycles. The zero-order chi connectivity index (χ0) is 14.5. The lowest BCUT2D eigenvalue weighted by atomic mass is 10.2. The van der Waals surface area contributed by atoms with E-state index in [0.29, 0.717) is 39.7 Å². The van der Waals surface area contributed by atoms with Gasteiger partial charge in [0.15, 0.2) is 6.29 Å². The van der Waals surface area contributed by atoms with Crippen LogP contribution in [0.25, 0.3) is 0 Å². The van der Waals surface area contributed by atoms with Crippen molar-refractivity contribution >= 4 is 17.9 Å². The Labute approximate surface area is 121 Å². The molecule has 0 spiro atoms. The molecule has 2 aromatic rings. The van der Waals surface area contributed by atoms with E-state index in [1.54, 1.807) is 30.3 Å². The van der Waals surface area contributed by atoms with Gasteiger partial charge in [-0.05, 0) is 30.3 Å². The van der Waals surface area contributed by atoms with Crippen molar-refractivity contribution in [1.82, 2.24) is 0 Å². The van der Waals surface area contributed by atoms with Crippen LogP contribution < -0.4 is 9.47 Å². The molecule has 0 N–H and O–H groups in total. The van der Waals surface area contributed by atoms with E-state index in [1.165, 1.54) is 13.2 Å². The van der Waals surface area contributed by atoms with Crippen LogP contribution in [-0.4, -0.2) is 13.4 Å². The molecule has 4 nitrogen and oxygen atoms in total. The maximum Gasteiger partial charge on any atom is 0.153 e. The number of aldehydes is 1. The number of ether oxygens (including phenoxy) is 2. The normalized spacial score (nSPS) is 9.65. The standard InChI is InChI=1S/C15H10ClNO3/c1-19-13-4-10(8-17)5-14(7-13)20-15-3-2-12(16)6-11(15)9-18/h2-7,9H,1H3. The first kappa shape index (κ1) is 13.9. The average molecular weight is 288 g/mol. The summed E-state index contributed by atoms with van der Waals surface area (Å²) in [6.07, 6.45) is 0.659. The first-order chi connectivity index (χ1) is 9.66. The number of hydrogen-bond donors (Lipinski definition) is 0. The summed E-state index contributed by atoms with van der Waals surface area (Å²) in [4.78, 5) is 11.0. The molecule has 0 unspecified atom stereocenters. The Morgan fingerprint density at radius 1 is 1.20 bits per heavy atom. The minimum atomic E-state index is 0.332. The Hall–Kier alpha value is -2.51. The summed E-state index contributed by atoms with van der Waals surface area (Å²) in [5.41, 5.74) is 0.736. The molecule has 0 saturated carbocycles. The highest BCUT2D eigenvalue weighted by atomic mass is 35.5. The number of methoxy groups -OCH3 is 1. The number of rotatable bonds is 4. The molecule has 0 aliphatic heterocycles. The summed E-state index contributed by atoms with van der Waals surface area (Å²) in [5.74, 6) is 1.27. The van der Waals surface area contributed by atoms with Crippen molar-refractivity contribution in [3.05, 3.63) is 52.5 Å². The fourth-order valence-corrected chi connectivity index (χ4v) is 1.82. The van der Waals surface area contributed by atoms with Gasteiger partial charge in [-0.1, -0.05) is 11.6 Å². The van der Waals surface area contributed by atoms with E-state index in [0.717, 1.165) is 0 Å². The fraction of sp³-hybridized carbons (Fsp3) is 0.0667. The third-order valence-electron chi connectivity index (χ3n) is 2.57. The van der Waals surface area contributed by atoms with Gasteiger partial charge in [0.05, 0.1) is 24.3 Å². The lowest BCUT2D eigenvalue weighted by Crippen LogP contribution is -1.92. The van der Waals surface area contributed by atoms with Crippen molar-refractivity contribution < 1.29 is 14.3 Å². The van der Waals surface area contributed by atoms with Crippen molar-refractivity contribution in [2.75, 3.05) is 7.11 Å². The predicted octanol–water partition coefficient (Wildman–Crippen LogP) is 3.83. The second kappa shape index (κ2) is 6.09. The first-order valence-corrected chi connectivity index (χ1v) is 6.06. The monoisotopic (exact) mass is 287 g/mol. The Morgan fingerprint density at radius 3 is 2.60 bits per heavy atom. The first-order valence-electron chi connectivity index (χ1n) is 5.68. The third kappa shape index (κ3) is 3.08. The van der Waals surface area contributed by atoms with Crippen molar-refractivity contribution in [3.8, 4) is 23.3 Å². The Morgan fingerprint density at radius 2 is 1.95 bits per heavy atom. The Balaban J connectivity index is 2.39. The molecule has 0 heterocycles. The average Bonchev–Trinajstić information content (AvgIpc) is 2.48. The molecule has 0 radical (unpaired) electrons. The second-order valence-corrected chi connectivity index (χ2v) is 4.35. The number of nitriles is 1. The van der Waals surface area contributed by atoms with Gasteiger partial charge in [0.25, 0.3) is 0 Å². The lowest BCUT2D eigenvalue weighted by Gasteiger charge is -2.10. The summed E-state index contributed by atoms with van der Waals surface area (Å²) < 4.78 is 10.7. The van der Waals surface area contributed by atoms with E-state index < -0.39 is 0 Å². The van der Waals surface area contributed by atoms with E-state index in [4.69, 9.17) is 26.3 Å². The van der Waals surface area contributed by atoms with E-state index in [9.17, 15) is 4.79 Å². The summed E-state index contributed by atoms with van der Waals surface area (Å²) in [5, 5.41) is 9.40. The van der Waals surface area contributed by atoms with E-state index in [-0.39, 0.29) is 0 Å². The highest BCUT2D eigenvalue weighted by Crippen LogP contribution is 2.30. The van der Waals surface area contributed by atoms with Gasteiger partial charge in [-0.2, -0.15) is 5.26 Å². The second-order valence-electron chi connectivity index (χ2n) is 3.91. The fourth-order valence-electron chi connectivity index (χ4n) is 1.64. The maximum absolute atomic E-state index is 11.0. The lowest BCUT2D eigenvalue weighted by molar-refractivity contribution is 0.112. The van der Waals surface area contributed by atoms with Crippen LogP contribution in [-0.2, 0) is 0 Å². The predicted molar refractivity (Wildman–Crippen MR) is 74.6 cm³/mol. The molecule has 0 amide bonds. The molecular weight excluding hydrogens is 278 g/mol. The molecule has 0 bridgehead atoms. The number of benzene rings is 2. The van der Waals surface area contributed by atoms with Gasteiger partial charge in [-0.15, -0.1) is 0 Å². The van der Waals surface area contributed by atoms with Crippen LogP contribution in [0.2, 0.25) is 5.02 Å². The van der Waals surface area contributed by atoms with E-state index >= 15 is 0 Å². The number of carbonyl (C=O) groups excluding carboxylic acids is 1. The molecule has 2 rings (SSSR count). The topological polar surface area (TPSA) is 59.3 Å². The van der Waals surface area contributed by atoms with Crippen LogP contribution in [0.1, 0.15) is 15.9 Å². The summed E-state index contributed by atoms with van der Waals surface area (Å²) in [6.45, 7) is 0. The smallest absolute Gasteiger partial charge is 0.153 e. The summed E-state index contributed by atoms with van der Waals surface area (Å²) in [6, 6.07) is 11.5. The zero-order valence-electron chi connectivity index (χ0n) is 10.6. The van der Waals surface area contributed by atoms with Crippen molar-refractivity contribution in [3.63, 3.8) is 0 Å². The summed E-state index contributed by atoms with van der Waals surface area (Å²) >= 11 is 5.82. The highest BCUT2D eigenvalue weighted by molar-refractivity contribution is 6.30. The molecule has 20 heavy (non-hydrogen) atoms. The number of nitrogens with zero attached hydrogens (tertiary/aromatic N) is 1. The Kier molecular flexibility index (Phi) is 4.24. The zero-order valence-corrected chi connectivity index (χ0v) is 11.3. The van der Waals surface area contributed by atoms with Crippen LogP contribution in [0.3, 0.4) is 0 Å². The van der Waals surface area contributed by atoms with Crippen molar-refractivity contribution in [2.24, 2.45) is 0 Å². The third-order valence-corrected chi connectivity index (χ3v) is 2.81. The van der Waals surface area contributed by atoms with Gasteiger partial charge in [0.1, 0.15) is 17.2 Å². The quantitative estimate of drug-likeness (QED) is 0.802. The molecule has 0 aliphatic carbocycles. The molecule has 0 aliphatic rings. The largest absolute Gasteiger partial charge is 0.497 e. The van der Waals surface area contributed by atoms with Gasteiger partial charge in [-0.25, -0.2) is 0 Å². The van der Waals surface area contributed by atoms with Crippen molar-refractivity contribution in [1.29, 1.82) is 5.26 Å². The molecule has 100 valence electrons.